The molecule has 0 saturated carbocycles. The minimum absolute atomic E-state index is 0.105. The highest BCUT2D eigenvalue weighted by atomic mass is 16.6. The van der Waals surface area contributed by atoms with Crippen LogP contribution in [0, 0.1) is 0 Å². The van der Waals surface area contributed by atoms with Crippen LogP contribution in [-0.2, 0) is 20.7 Å². The first-order valence-corrected chi connectivity index (χ1v) is 10.9. The molecular formula is C26H33NO4. The van der Waals surface area contributed by atoms with E-state index in [0.717, 1.165) is 38.5 Å². The Hall–Kier alpha value is -3.08. The quantitative estimate of drug-likeness (QED) is 0.255. The van der Waals surface area contributed by atoms with Crippen molar-refractivity contribution in [3.05, 3.63) is 72.3 Å². The van der Waals surface area contributed by atoms with Gasteiger partial charge in [0.25, 0.3) is 0 Å². The molecule has 1 N–H and O–H groups in total. The van der Waals surface area contributed by atoms with Crippen LogP contribution >= 0.6 is 0 Å². The van der Waals surface area contributed by atoms with Crippen molar-refractivity contribution in [2.75, 3.05) is 19.8 Å². The van der Waals surface area contributed by atoms with Gasteiger partial charge in [0.05, 0.1) is 13.2 Å². The van der Waals surface area contributed by atoms with Gasteiger partial charge in [0.1, 0.15) is 6.61 Å². The molecule has 0 aliphatic rings. The summed E-state index contributed by atoms with van der Waals surface area (Å²) in [6, 6.07) is 19.1. The standard InChI is InChI=1S/C26H33NO4/c1-21(2)25(28)30-20-18-27-26(29)31-19-12-5-3-4-7-13-23-16-10-11-17-24(23)22-14-8-6-9-15-22/h6,8-11,14-17H,1,3-5,7,12-13,18-20H2,2H3,(H,27,29). The minimum Gasteiger partial charge on any atom is -0.460 e. The van der Waals surface area contributed by atoms with Crippen molar-refractivity contribution in [1.29, 1.82) is 0 Å². The van der Waals surface area contributed by atoms with E-state index in [1.165, 1.54) is 16.7 Å². The molecule has 0 aromatic heterocycles. The van der Waals surface area contributed by atoms with Crippen LogP contribution < -0.4 is 5.32 Å². The Balaban J connectivity index is 1.52. The van der Waals surface area contributed by atoms with Gasteiger partial charge in [-0.25, -0.2) is 9.59 Å². The van der Waals surface area contributed by atoms with Gasteiger partial charge in [0.2, 0.25) is 0 Å². The lowest BCUT2D eigenvalue weighted by molar-refractivity contribution is -0.138. The van der Waals surface area contributed by atoms with Gasteiger partial charge in [-0.3, -0.25) is 0 Å². The van der Waals surface area contributed by atoms with E-state index in [1.54, 1.807) is 6.92 Å². The predicted molar refractivity (Wildman–Crippen MR) is 124 cm³/mol. The molecule has 0 unspecified atom stereocenters. The van der Waals surface area contributed by atoms with Crippen LogP contribution in [0.25, 0.3) is 11.1 Å². The Morgan fingerprint density at radius 3 is 2.29 bits per heavy atom. The second-order valence-corrected chi connectivity index (χ2v) is 7.52. The van der Waals surface area contributed by atoms with Gasteiger partial charge in [0.15, 0.2) is 0 Å². The molecule has 0 heterocycles. The van der Waals surface area contributed by atoms with Gasteiger partial charge in [-0.1, -0.05) is 80.4 Å². The molecule has 0 aliphatic heterocycles. The van der Waals surface area contributed by atoms with Crippen molar-refractivity contribution in [3.8, 4) is 11.1 Å². The van der Waals surface area contributed by atoms with Crippen LogP contribution in [0.1, 0.15) is 44.6 Å². The molecule has 166 valence electrons. The maximum atomic E-state index is 11.6. The van der Waals surface area contributed by atoms with Crippen molar-refractivity contribution < 1.29 is 19.1 Å². The van der Waals surface area contributed by atoms with E-state index in [-0.39, 0.29) is 13.2 Å². The Morgan fingerprint density at radius 2 is 1.52 bits per heavy atom. The Kier molecular flexibility index (Phi) is 10.9. The van der Waals surface area contributed by atoms with Crippen LogP contribution in [0.4, 0.5) is 4.79 Å². The van der Waals surface area contributed by atoms with Crippen molar-refractivity contribution in [3.63, 3.8) is 0 Å². The minimum atomic E-state index is -0.483. The molecule has 5 nitrogen and oxygen atoms in total. The molecule has 5 heteroatoms. The number of nitrogens with one attached hydrogen (secondary N) is 1. The molecule has 0 spiro atoms. The predicted octanol–water partition coefficient (Wildman–Crippen LogP) is 5.69. The first-order chi connectivity index (χ1) is 15.1. The third-order valence-electron chi connectivity index (χ3n) is 4.88. The van der Waals surface area contributed by atoms with Crippen LogP contribution in [0.15, 0.2) is 66.7 Å². The molecule has 0 bridgehead atoms. The van der Waals surface area contributed by atoms with E-state index in [9.17, 15) is 9.59 Å². The number of carbonyl (C=O) groups is 2. The number of aryl methyl sites for hydroxylation is 1. The van der Waals surface area contributed by atoms with Gasteiger partial charge < -0.3 is 14.8 Å². The summed E-state index contributed by atoms with van der Waals surface area (Å²) in [5.74, 6) is -0.460. The number of benzene rings is 2. The van der Waals surface area contributed by atoms with Crippen molar-refractivity contribution >= 4 is 12.1 Å². The van der Waals surface area contributed by atoms with Gasteiger partial charge in [0, 0.05) is 5.57 Å². The Morgan fingerprint density at radius 1 is 0.839 bits per heavy atom. The third kappa shape index (κ3) is 9.51. The summed E-state index contributed by atoms with van der Waals surface area (Å²) in [4.78, 5) is 22.8. The SMILES string of the molecule is C=C(C)C(=O)OCCNC(=O)OCCCCCCCc1ccccc1-c1ccccc1. The zero-order valence-corrected chi connectivity index (χ0v) is 18.4. The van der Waals surface area contributed by atoms with Gasteiger partial charge in [-0.05, 0) is 42.9 Å². The van der Waals surface area contributed by atoms with Gasteiger partial charge in [-0.2, -0.15) is 0 Å². The molecule has 31 heavy (non-hydrogen) atoms. The second-order valence-electron chi connectivity index (χ2n) is 7.52. The largest absolute Gasteiger partial charge is 0.460 e. The van der Waals surface area contributed by atoms with Gasteiger partial charge in [-0.15, -0.1) is 0 Å². The highest BCUT2D eigenvalue weighted by molar-refractivity contribution is 5.86. The van der Waals surface area contributed by atoms with E-state index in [2.05, 4.69) is 60.4 Å². The zero-order valence-electron chi connectivity index (χ0n) is 18.4. The van der Waals surface area contributed by atoms with E-state index < -0.39 is 12.1 Å². The number of ether oxygens (including phenoxy) is 2. The molecule has 1 amide bonds. The van der Waals surface area contributed by atoms with Gasteiger partial charge >= 0.3 is 12.1 Å². The number of rotatable bonds is 13. The van der Waals surface area contributed by atoms with Crippen LogP contribution in [0.3, 0.4) is 0 Å². The summed E-state index contributed by atoms with van der Waals surface area (Å²) < 4.78 is 10.0. The normalized spacial score (nSPS) is 10.4. The highest BCUT2D eigenvalue weighted by Gasteiger charge is 2.05. The number of amides is 1. The zero-order chi connectivity index (χ0) is 22.3. The monoisotopic (exact) mass is 423 g/mol. The van der Waals surface area contributed by atoms with Crippen LogP contribution in [-0.4, -0.2) is 31.8 Å². The van der Waals surface area contributed by atoms with E-state index >= 15 is 0 Å². The van der Waals surface area contributed by atoms with E-state index in [1.807, 2.05) is 6.07 Å². The Bertz CT molecular complexity index is 832. The summed E-state index contributed by atoms with van der Waals surface area (Å²) in [6.07, 6.45) is 5.89. The molecule has 0 atom stereocenters. The second kappa shape index (κ2) is 14.0. The lowest BCUT2D eigenvalue weighted by Crippen LogP contribution is -2.29. The number of carbonyl (C=O) groups excluding carboxylic acids is 2. The summed E-state index contributed by atoms with van der Waals surface area (Å²) in [7, 11) is 0. The molecule has 0 aliphatic carbocycles. The average molecular weight is 424 g/mol. The number of esters is 1. The molecular weight excluding hydrogens is 390 g/mol. The smallest absolute Gasteiger partial charge is 0.407 e. The van der Waals surface area contributed by atoms with Crippen molar-refractivity contribution in [1.82, 2.24) is 5.32 Å². The number of unbranched alkanes of at least 4 members (excludes halogenated alkanes) is 4. The van der Waals surface area contributed by atoms with Crippen LogP contribution in [0.2, 0.25) is 0 Å². The molecule has 2 aromatic carbocycles. The summed E-state index contributed by atoms with van der Waals surface area (Å²) >= 11 is 0. The summed E-state index contributed by atoms with van der Waals surface area (Å²) in [5, 5.41) is 2.56. The Labute approximate surface area is 185 Å². The fraction of sp³-hybridized carbons (Fsp3) is 0.385. The molecule has 2 rings (SSSR count). The number of hydrogen-bond donors (Lipinski definition) is 1. The third-order valence-corrected chi connectivity index (χ3v) is 4.88. The molecule has 2 aromatic rings. The highest BCUT2D eigenvalue weighted by Crippen LogP contribution is 2.24. The molecule has 0 saturated heterocycles. The molecule has 0 radical (unpaired) electrons. The fourth-order valence-corrected chi connectivity index (χ4v) is 3.22. The maximum Gasteiger partial charge on any atom is 0.407 e. The lowest BCUT2D eigenvalue weighted by Gasteiger charge is -2.10. The lowest BCUT2D eigenvalue weighted by atomic mass is 9.96. The first-order valence-electron chi connectivity index (χ1n) is 10.9. The topological polar surface area (TPSA) is 64.6 Å². The van der Waals surface area contributed by atoms with E-state index in [4.69, 9.17) is 9.47 Å². The number of alkyl carbamates (subject to hydrolysis) is 1. The number of hydrogen-bond acceptors (Lipinski definition) is 4. The average Bonchev–Trinajstić information content (AvgIpc) is 2.79. The van der Waals surface area contributed by atoms with Crippen molar-refractivity contribution in [2.45, 2.75) is 45.4 Å². The maximum absolute atomic E-state index is 11.6. The summed E-state index contributed by atoms with van der Waals surface area (Å²) in [5.41, 5.74) is 4.31. The summed E-state index contributed by atoms with van der Waals surface area (Å²) in [6.45, 7) is 5.79. The van der Waals surface area contributed by atoms with E-state index in [0.29, 0.717) is 12.2 Å². The van der Waals surface area contributed by atoms with Crippen LogP contribution in [0.5, 0.6) is 0 Å². The first kappa shape index (κ1) is 24.2. The fourth-order valence-electron chi connectivity index (χ4n) is 3.22. The molecule has 0 fully saturated rings. The van der Waals surface area contributed by atoms with Crippen molar-refractivity contribution in [2.24, 2.45) is 0 Å².